The molecule has 1 aliphatic rings. The van der Waals surface area contributed by atoms with Gasteiger partial charge in [0.05, 0.1) is 5.41 Å². The van der Waals surface area contributed by atoms with Gasteiger partial charge in [0.2, 0.25) is 5.91 Å². The SMILES string of the molecule is CCC(CC)NC(=O)C1(CN)CCCC1. The number of carbonyl (C=O) groups excluding carboxylic acids is 1. The Labute approximate surface area is 92.8 Å². The molecule has 0 atom stereocenters. The smallest absolute Gasteiger partial charge is 0.227 e. The summed E-state index contributed by atoms with van der Waals surface area (Å²) in [6.45, 7) is 4.72. The number of hydrogen-bond acceptors (Lipinski definition) is 2. The van der Waals surface area contributed by atoms with Crippen molar-refractivity contribution in [2.24, 2.45) is 11.1 Å². The van der Waals surface area contributed by atoms with E-state index in [2.05, 4.69) is 19.2 Å². The molecule has 15 heavy (non-hydrogen) atoms. The second-order valence-electron chi connectivity index (χ2n) is 4.68. The van der Waals surface area contributed by atoms with E-state index < -0.39 is 0 Å². The molecule has 1 rings (SSSR count). The Morgan fingerprint density at radius 2 is 1.87 bits per heavy atom. The summed E-state index contributed by atoms with van der Waals surface area (Å²) >= 11 is 0. The highest BCUT2D eigenvalue weighted by Crippen LogP contribution is 2.37. The van der Waals surface area contributed by atoms with Crippen LogP contribution in [0.25, 0.3) is 0 Å². The van der Waals surface area contributed by atoms with Crippen LogP contribution in [0.5, 0.6) is 0 Å². The summed E-state index contributed by atoms with van der Waals surface area (Å²) in [5.74, 6) is 0.191. The van der Waals surface area contributed by atoms with E-state index in [1.165, 1.54) is 0 Å². The molecule has 0 aromatic rings. The van der Waals surface area contributed by atoms with E-state index in [-0.39, 0.29) is 11.3 Å². The minimum absolute atomic E-state index is 0.191. The van der Waals surface area contributed by atoms with Gasteiger partial charge in [-0.3, -0.25) is 4.79 Å². The Morgan fingerprint density at radius 1 is 1.33 bits per heavy atom. The van der Waals surface area contributed by atoms with Crippen molar-refractivity contribution in [3.8, 4) is 0 Å². The fraction of sp³-hybridized carbons (Fsp3) is 0.917. The summed E-state index contributed by atoms with van der Waals surface area (Å²) < 4.78 is 0. The minimum Gasteiger partial charge on any atom is -0.353 e. The second kappa shape index (κ2) is 5.50. The molecule has 0 unspecified atom stereocenters. The maximum atomic E-state index is 12.1. The highest BCUT2D eigenvalue weighted by atomic mass is 16.2. The molecule has 0 saturated heterocycles. The van der Waals surface area contributed by atoms with Crippen molar-refractivity contribution in [1.82, 2.24) is 5.32 Å². The lowest BCUT2D eigenvalue weighted by Crippen LogP contribution is -2.47. The predicted molar refractivity (Wildman–Crippen MR) is 62.5 cm³/mol. The van der Waals surface area contributed by atoms with Gasteiger partial charge in [-0.25, -0.2) is 0 Å². The van der Waals surface area contributed by atoms with E-state index in [4.69, 9.17) is 5.73 Å². The van der Waals surface area contributed by atoms with Crippen molar-refractivity contribution in [2.75, 3.05) is 6.54 Å². The third-order valence-corrected chi connectivity index (χ3v) is 3.75. The number of carbonyl (C=O) groups is 1. The third kappa shape index (κ3) is 2.71. The van der Waals surface area contributed by atoms with Crippen LogP contribution in [-0.4, -0.2) is 18.5 Å². The largest absolute Gasteiger partial charge is 0.353 e. The van der Waals surface area contributed by atoms with E-state index in [0.29, 0.717) is 12.6 Å². The standard InChI is InChI=1S/C12H24N2O/c1-3-10(4-2)14-11(15)12(9-13)7-5-6-8-12/h10H,3-9,13H2,1-2H3,(H,14,15). The molecule has 3 heteroatoms. The van der Waals surface area contributed by atoms with Crippen molar-refractivity contribution in [2.45, 2.75) is 58.4 Å². The Morgan fingerprint density at radius 3 is 2.27 bits per heavy atom. The maximum absolute atomic E-state index is 12.1. The lowest BCUT2D eigenvalue weighted by atomic mass is 9.85. The zero-order valence-corrected chi connectivity index (χ0v) is 10.0. The van der Waals surface area contributed by atoms with Crippen LogP contribution in [0.2, 0.25) is 0 Å². The number of nitrogens with two attached hydrogens (primary N) is 1. The molecule has 0 aromatic heterocycles. The average Bonchev–Trinajstić information content (AvgIpc) is 2.75. The first kappa shape index (κ1) is 12.5. The van der Waals surface area contributed by atoms with Crippen molar-refractivity contribution in [1.29, 1.82) is 0 Å². The summed E-state index contributed by atoms with van der Waals surface area (Å²) in [4.78, 5) is 12.1. The van der Waals surface area contributed by atoms with E-state index >= 15 is 0 Å². The summed E-state index contributed by atoms with van der Waals surface area (Å²) in [6, 6.07) is 0.321. The number of amides is 1. The topological polar surface area (TPSA) is 55.1 Å². The van der Waals surface area contributed by atoms with Crippen LogP contribution in [0.1, 0.15) is 52.4 Å². The van der Waals surface area contributed by atoms with Gasteiger partial charge < -0.3 is 11.1 Å². The van der Waals surface area contributed by atoms with E-state index in [0.717, 1.165) is 38.5 Å². The number of nitrogens with one attached hydrogen (secondary N) is 1. The molecule has 3 N–H and O–H groups in total. The molecule has 1 fully saturated rings. The molecule has 0 spiro atoms. The van der Waals surface area contributed by atoms with Crippen LogP contribution in [0, 0.1) is 5.41 Å². The van der Waals surface area contributed by atoms with Gasteiger partial charge in [0.25, 0.3) is 0 Å². The van der Waals surface area contributed by atoms with Crippen LogP contribution in [0.3, 0.4) is 0 Å². The van der Waals surface area contributed by atoms with Crippen molar-refractivity contribution in [3.63, 3.8) is 0 Å². The number of hydrogen-bond donors (Lipinski definition) is 2. The van der Waals surface area contributed by atoms with Crippen LogP contribution >= 0.6 is 0 Å². The molecule has 3 nitrogen and oxygen atoms in total. The fourth-order valence-corrected chi connectivity index (χ4v) is 2.41. The van der Waals surface area contributed by atoms with Crippen molar-refractivity contribution in [3.05, 3.63) is 0 Å². The van der Waals surface area contributed by atoms with Crippen LogP contribution in [0.15, 0.2) is 0 Å². The summed E-state index contributed by atoms with van der Waals surface area (Å²) in [6.07, 6.45) is 6.23. The van der Waals surface area contributed by atoms with E-state index in [9.17, 15) is 4.79 Å². The normalized spacial score (nSPS) is 19.5. The van der Waals surface area contributed by atoms with Crippen LogP contribution in [-0.2, 0) is 4.79 Å². The molecular formula is C12H24N2O. The van der Waals surface area contributed by atoms with Crippen molar-refractivity contribution < 1.29 is 4.79 Å². The zero-order chi connectivity index (χ0) is 11.3. The third-order valence-electron chi connectivity index (χ3n) is 3.75. The highest BCUT2D eigenvalue weighted by molar-refractivity contribution is 5.83. The van der Waals surface area contributed by atoms with Gasteiger partial charge in [0, 0.05) is 12.6 Å². The molecular weight excluding hydrogens is 188 g/mol. The molecule has 0 bridgehead atoms. The fourth-order valence-electron chi connectivity index (χ4n) is 2.41. The first-order valence-corrected chi connectivity index (χ1v) is 6.19. The average molecular weight is 212 g/mol. The van der Waals surface area contributed by atoms with Gasteiger partial charge in [-0.1, -0.05) is 26.7 Å². The van der Waals surface area contributed by atoms with Gasteiger partial charge in [-0.2, -0.15) is 0 Å². The first-order valence-electron chi connectivity index (χ1n) is 6.19. The molecule has 0 aliphatic heterocycles. The quantitative estimate of drug-likeness (QED) is 0.730. The first-order chi connectivity index (χ1) is 7.18. The molecule has 1 saturated carbocycles. The summed E-state index contributed by atoms with van der Waals surface area (Å²) in [5, 5.41) is 3.13. The monoisotopic (exact) mass is 212 g/mol. The summed E-state index contributed by atoms with van der Waals surface area (Å²) in [5.41, 5.74) is 5.52. The molecule has 1 amide bonds. The molecule has 88 valence electrons. The van der Waals surface area contributed by atoms with Crippen molar-refractivity contribution >= 4 is 5.91 Å². The Kier molecular flexibility index (Phi) is 4.58. The molecule has 0 heterocycles. The Balaban J connectivity index is 2.57. The molecule has 0 radical (unpaired) electrons. The molecule has 1 aliphatic carbocycles. The van der Waals surface area contributed by atoms with Gasteiger partial charge in [0.1, 0.15) is 0 Å². The van der Waals surface area contributed by atoms with E-state index in [1.54, 1.807) is 0 Å². The highest BCUT2D eigenvalue weighted by Gasteiger charge is 2.40. The predicted octanol–water partition coefficient (Wildman–Crippen LogP) is 1.81. The van der Waals surface area contributed by atoms with Crippen LogP contribution < -0.4 is 11.1 Å². The second-order valence-corrected chi connectivity index (χ2v) is 4.68. The van der Waals surface area contributed by atoms with Gasteiger partial charge in [-0.15, -0.1) is 0 Å². The summed E-state index contributed by atoms with van der Waals surface area (Å²) in [7, 11) is 0. The van der Waals surface area contributed by atoms with Crippen LogP contribution in [0.4, 0.5) is 0 Å². The molecule has 0 aromatic carbocycles. The minimum atomic E-state index is -0.247. The Bertz CT molecular complexity index is 206. The lowest BCUT2D eigenvalue weighted by Gasteiger charge is -2.28. The maximum Gasteiger partial charge on any atom is 0.227 e. The van der Waals surface area contributed by atoms with Gasteiger partial charge >= 0.3 is 0 Å². The van der Waals surface area contributed by atoms with Gasteiger partial charge in [0.15, 0.2) is 0 Å². The lowest BCUT2D eigenvalue weighted by molar-refractivity contribution is -0.131. The zero-order valence-electron chi connectivity index (χ0n) is 10.0. The number of rotatable bonds is 5. The van der Waals surface area contributed by atoms with E-state index in [1.807, 2.05) is 0 Å². The Hall–Kier alpha value is -0.570. The van der Waals surface area contributed by atoms with Gasteiger partial charge in [-0.05, 0) is 25.7 Å².